The lowest BCUT2D eigenvalue weighted by atomic mass is 9.89. The first kappa shape index (κ1) is 15.7. The number of aromatic nitrogens is 1. The Balaban J connectivity index is 1.40. The third-order valence-corrected chi connectivity index (χ3v) is 4.41. The summed E-state index contributed by atoms with van der Waals surface area (Å²) < 4.78 is 4.94. The van der Waals surface area contributed by atoms with E-state index in [-0.39, 0.29) is 5.91 Å². The average molecular weight is 313 g/mol. The standard InChI is InChI=1S/C18H23N3O2/c1-14-13-17(20-23-14)19-18(22)9-12-21-10-7-16(8-11-21)15-5-3-2-4-6-15/h2-6,13,16H,7-12H2,1H3,(H,19,20,22). The molecule has 2 aromatic rings. The van der Waals surface area contributed by atoms with E-state index in [1.807, 2.05) is 0 Å². The first-order valence-corrected chi connectivity index (χ1v) is 8.21. The highest BCUT2D eigenvalue weighted by atomic mass is 16.5. The van der Waals surface area contributed by atoms with Gasteiger partial charge in [0, 0.05) is 19.0 Å². The molecule has 0 saturated carbocycles. The number of benzene rings is 1. The molecule has 0 radical (unpaired) electrons. The average Bonchev–Trinajstić information content (AvgIpc) is 2.99. The molecule has 0 unspecified atom stereocenters. The van der Waals surface area contributed by atoms with E-state index < -0.39 is 0 Å². The van der Waals surface area contributed by atoms with Crippen LogP contribution in [0.25, 0.3) is 0 Å². The molecule has 1 N–H and O–H groups in total. The Morgan fingerprint density at radius 3 is 2.70 bits per heavy atom. The summed E-state index contributed by atoms with van der Waals surface area (Å²) in [6, 6.07) is 12.4. The fourth-order valence-corrected chi connectivity index (χ4v) is 3.11. The van der Waals surface area contributed by atoms with Gasteiger partial charge in [0.05, 0.1) is 0 Å². The van der Waals surface area contributed by atoms with Crippen molar-refractivity contribution >= 4 is 11.7 Å². The molecule has 1 fully saturated rings. The number of anilines is 1. The number of likely N-dealkylation sites (tertiary alicyclic amines) is 1. The van der Waals surface area contributed by atoms with Gasteiger partial charge in [-0.3, -0.25) is 4.79 Å². The van der Waals surface area contributed by atoms with E-state index in [0.717, 1.165) is 32.5 Å². The Bertz CT molecular complexity index is 631. The molecule has 0 spiro atoms. The van der Waals surface area contributed by atoms with Gasteiger partial charge in [-0.25, -0.2) is 0 Å². The van der Waals surface area contributed by atoms with Crippen molar-refractivity contribution in [3.8, 4) is 0 Å². The van der Waals surface area contributed by atoms with E-state index in [2.05, 4.69) is 45.7 Å². The Morgan fingerprint density at radius 2 is 2.04 bits per heavy atom. The summed E-state index contributed by atoms with van der Waals surface area (Å²) in [5, 5.41) is 6.54. The Morgan fingerprint density at radius 1 is 1.30 bits per heavy atom. The van der Waals surface area contributed by atoms with Crippen LogP contribution in [-0.4, -0.2) is 35.6 Å². The van der Waals surface area contributed by atoms with E-state index in [9.17, 15) is 4.79 Å². The first-order valence-electron chi connectivity index (χ1n) is 8.21. The SMILES string of the molecule is Cc1cc(NC(=O)CCN2CCC(c3ccccc3)CC2)no1. The van der Waals surface area contributed by atoms with Gasteiger partial charge in [0.2, 0.25) is 5.91 Å². The summed E-state index contributed by atoms with van der Waals surface area (Å²) in [6.45, 7) is 4.70. The summed E-state index contributed by atoms with van der Waals surface area (Å²) in [5.41, 5.74) is 1.44. The van der Waals surface area contributed by atoms with Crippen molar-refractivity contribution < 1.29 is 9.32 Å². The maximum atomic E-state index is 11.9. The maximum absolute atomic E-state index is 11.9. The van der Waals surface area contributed by atoms with Crippen LogP contribution in [0.4, 0.5) is 5.82 Å². The lowest BCUT2D eigenvalue weighted by molar-refractivity contribution is -0.116. The highest BCUT2D eigenvalue weighted by Gasteiger charge is 2.20. The maximum Gasteiger partial charge on any atom is 0.226 e. The summed E-state index contributed by atoms with van der Waals surface area (Å²) >= 11 is 0. The Hall–Kier alpha value is -2.14. The number of rotatable bonds is 5. The minimum atomic E-state index is -0.0107. The summed E-state index contributed by atoms with van der Waals surface area (Å²) in [6.07, 6.45) is 2.81. The third kappa shape index (κ3) is 4.42. The van der Waals surface area contributed by atoms with Crippen LogP contribution in [0.15, 0.2) is 40.9 Å². The summed E-state index contributed by atoms with van der Waals surface area (Å²) in [4.78, 5) is 14.3. The van der Waals surface area contributed by atoms with Gasteiger partial charge in [0.25, 0.3) is 0 Å². The van der Waals surface area contributed by atoms with E-state index in [4.69, 9.17) is 4.52 Å². The van der Waals surface area contributed by atoms with Crippen LogP contribution in [-0.2, 0) is 4.79 Å². The molecule has 1 amide bonds. The number of hydrogen-bond donors (Lipinski definition) is 1. The fraction of sp³-hybridized carbons (Fsp3) is 0.444. The van der Waals surface area contributed by atoms with Crippen LogP contribution >= 0.6 is 0 Å². The topological polar surface area (TPSA) is 58.4 Å². The van der Waals surface area contributed by atoms with Crippen LogP contribution < -0.4 is 5.32 Å². The molecular weight excluding hydrogens is 290 g/mol. The molecule has 3 rings (SSSR count). The zero-order valence-electron chi connectivity index (χ0n) is 13.5. The van der Waals surface area contributed by atoms with Gasteiger partial charge in [-0.2, -0.15) is 0 Å². The molecule has 0 atom stereocenters. The molecule has 2 heterocycles. The van der Waals surface area contributed by atoms with Crippen LogP contribution in [0.1, 0.15) is 36.5 Å². The number of carbonyl (C=O) groups is 1. The molecule has 1 aliphatic rings. The zero-order valence-corrected chi connectivity index (χ0v) is 13.5. The zero-order chi connectivity index (χ0) is 16.1. The number of hydrogen-bond acceptors (Lipinski definition) is 4. The van der Waals surface area contributed by atoms with Gasteiger partial charge >= 0.3 is 0 Å². The van der Waals surface area contributed by atoms with Gasteiger partial charge in [0.1, 0.15) is 5.76 Å². The van der Waals surface area contributed by atoms with Crippen LogP contribution in [0.5, 0.6) is 0 Å². The van der Waals surface area contributed by atoms with Gasteiger partial charge < -0.3 is 14.7 Å². The molecule has 1 aromatic carbocycles. The van der Waals surface area contributed by atoms with Gasteiger partial charge in [-0.1, -0.05) is 35.5 Å². The highest BCUT2D eigenvalue weighted by molar-refractivity contribution is 5.89. The van der Waals surface area contributed by atoms with Crippen molar-refractivity contribution in [1.82, 2.24) is 10.1 Å². The lowest BCUT2D eigenvalue weighted by Crippen LogP contribution is -2.35. The predicted molar refractivity (Wildman–Crippen MR) is 89.3 cm³/mol. The minimum Gasteiger partial charge on any atom is -0.360 e. The normalized spacial score (nSPS) is 16.4. The monoisotopic (exact) mass is 313 g/mol. The number of piperidine rings is 1. The smallest absolute Gasteiger partial charge is 0.226 e. The quantitative estimate of drug-likeness (QED) is 0.921. The molecule has 5 nitrogen and oxygen atoms in total. The van der Waals surface area contributed by atoms with E-state index in [1.54, 1.807) is 13.0 Å². The summed E-state index contributed by atoms with van der Waals surface area (Å²) in [7, 11) is 0. The molecule has 23 heavy (non-hydrogen) atoms. The van der Waals surface area contributed by atoms with Crippen LogP contribution in [0.3, 0.4) is 0 Å². The molecule has 0 aliphatic carbocycles. The Labute approximate surface area is 136 Å². The van der Waals surface area contributed by atoms with Crippen molar-refractivity contribution in [1.29, 1.82) is 0 Å². The minimum absolute atomic E-state index is 0.0107. The molecule has 5 heteroatoms. The highest BCUT2D eigenvalue weighted by Crippen LogP contribution is 2.27. The van der Waals surface area contributed by atoms with Crippen molar-refractivity contribution in [2.24, 2.45) is 0 Å². The van der Waals surface area contributed by atoms with Crippen molar-refractivity contribution in [2.75, 3.05) is 25.0 Å². The van der Waals surface area contributed by atoms with Crippen LogP contribution in [0.2, 0.25) is 0 Å². The van der Waals surface area contributed by atoms with E-state index in [0.29, 0.717) is 23.9 Å². The number of carbonyl (C=O) groups excluding carboxylic acids is 1. The number of nitrogens with zero attached hydrogens (tertiary/aromatic N) is 2. The van der Waals surface area contributed by atoms with Gasteiger partial charge in [0.15, 0.2) is 5.82 Å². The second-order valence-corrected chi connectivity index (χ2v) is 6.15. The van der Waals surface area contributed by atoms with Gasteiger partial charge in [-0.15, -0.1) is 0 Å². The molecule has 1 saturated heterocycles. The van der Waals surface area contributed by atoms with Crippen LogP contribution in [0, 0.1) is 6.92 Å². The largest absolute Gasteiger partial charge is 0.360 e. The molecule has 1 aliphatic heterocycles. The second kappa shape index (κ2) is 7.42. The number of amides is 1. The first-order chi connectivity index (χ1) is 11.2. The molecule has 0 bridgehead atoms. The molecule has 122 valence electrons. The van der Waals surface area contributed by atoms with E-state index >= 15 is 0 Å². The fourth-order valence-electron chi connectivity index (χ4n) is 3.11. The lowest BCUT2D eigenvalue weighted by Gasteiger charge is -2.32. The molecular formula is C18H23N3O2. The third-order valence-electron chi connectivity index (χ3n) is 4.41. The predicted octanol–water partition coefficient (Wildman–Crippen LogP) is 3.19. The molecule has 1 aromatic heterocycles. The number of aryl methyl sites for hydroxylation is 1. The second-order valence-electron chi connectivity index (χ2n) is 6.15. The number of nitrogens with one attached hydrogen (secondary N) is 1. The van der Waals surface area contributed by atoms with E-state index in [1.165, 1.54) is 5.56 Å². The van der Waals surface area contributed by atoms with Crippen molar-refractivity contribution in [2.45, 2.75) is 32.1 Å². The summed E-state index contributed by atoms with van der Waals surface area (Å²) in [5.74, 6) is 1.83. The van der Waals surface area contributed by atoms with Crippen molar-refractivity contribution in [3.05, 3.63) is 47.7 Å². The Kier molecular flexibility index (Phi) is 5.08. The van der Waals surface area contributed by atoms with Gasteiger partial charge in [-0.05, 0) is 44.3 Å². The van der Waals surface area contributed by atoms with Crippen molar-refractivity contribution in [3.63, 3.8) is 0 Å².